The molecule has 3 N–H and O–H groups in total. The Labute approximate surface area is 166 Å². The van der Waals surface area contributed by atoms with Crippen molar-refractivity contribution in [3.63, 3.8) is 0 Å². The SMILES string of the molecule is N#C/C=C1\c2ccccc2CC(N2CCN(CCO)CC2)c2ccccc21.O. The lowest BCUT2D eigenvalue weighted by atomic mass is 9.93. The maximum atomic E-state index is 9.39. The molecule has 0 amide bonds. The molecule has 2 aromatic rings. The molecule has 0 aromatic heterocycles. The first-order valence-corrected chi connectivity index (χ1v) is 9.66. The van der Waals surface area contributed by atoms with E-state index in [1.165, 1.54) is 22.3 Å². The van der Waals surface area contributed by atoms with Gasteiger partial charge in [0.25, 0.3) is 0 Å². The van der Waals surface area contributed by atoms with Crippen molar-refractivity contribution in [1.29, 1.82) is 5.26 Å². The van der Waals surface area contributed by atoms with Crippen LogP contribution in [0.25, 0.3) is 5.57 Å². The van der Waals surface area contributed by atoms with E-state index in [0.717, 1.165) is 44.7 Å². The average Bonchev–Trinajstić information content (AvgIpc) is 2.85. The Hall–Kier alpha value is -2.49. The molecule has 2 aliphatic rings. The fraction of sp³-hybridized carbons (Fsp3) is 0.348. The summed E-state index contributed by atoms with van der Waals surface area (Å²) in [6.07, 6.45) is 2.65. The number of aliphatic hydroxyl groups excluding tert-OH is 1. The van der Waals surface area contributed by atoms with E-state index in [0.29, 0.717) is 6.04 Å². The molecule has 5 heteroatoms. The normalized spacial score (nSPS) is 21.1. The van der Waals surface area contributed by atoms with E-state index in [-0.39, 0.29) is 12.1 Å². The Balaban J connectivity index is 0.00000225. The number of hydrogen-bond donors (Lipinski definition) is 1. The predicted octanol–water partition coefficient (Wildman–Crippen LogP) is 2.02. The molecule has 28 heavy (non-hydrogen) atoms. The van der Waals surface area contributed by atoms with Crippen molar-refractivity contribution in [3.05, 3.63) is 76.9 Å². The zero-order chi connectivity index (χ0) is 18.6. The average molecular weight is 377 g/mol. The number of aliphatic hydroxyl groups is 1. The summed E-state index contributed by atoms with van der Waals surface area (Å²) in [6, 6.07) is 19.6. The van der Waals surface area contributed by atoms with Crippen LogP contribution in [-0.4, -0.2) is 59.7 Å². The maximum Gasteiger partial charge on any atom is 0.0918 e. The molecule has 1 heterocycles. The highest BCUT2D eigenvalue weighted by Gasteiger charge is 2.30. The molecule has 1 aliphatic heterocycles. The largest absolute Gasteiger partial charge is 0.412 e. The number of fused-ring (bicyclic) bond motifs is 2. The van der Waals surface area contributed by atoms with E-state index < -0.39 is 0 Å². The highest BCUT2D eigenvalue weighted by atomic mass is 16.3. The third-order valence-corrected chi connectivity index (χ3v) is 5.80. The van der Waals surface area contributed by atoms with Crippen LogP contribution in [0, 0.1) is 11.3 Å². The fourth-order valence-corrected chi connectivity index (χ4v) is 4.44. The minimum absolute atomic E-state index is 0. The van der Waals surface area contributed by atoms with Crippen molar-refractivity contribution in [2.24, 2.45) is 0 Å². The summed E-state index contributed by atoms with van der Waals surface area (Å²) < 4.78 is 0. The summed E-state index contributed by atoms with van der Waals surface area (Å²) >= 11 is 0. The van der Waals surface area contributed by atoms with Crippen molar-refractivity contribution in [2.75, 3.05) is 39.3 Å². The highest BCUT2D eigenvalue weighted by Crippen LogP contribution is 2.40. The minimum atomic E-state index is 0. The Morgan fingerprint density at radius 2 is 1.68 bits per heavy atom. The molecule has 1 unspecified atom stereocenters. The number of allylic oxidation sites excluding steroid dienone is 1. The zero-order valence-electron chi connectivity index (χ0n) is 16.0. The molecule has 1 atom stereocenters. The second-order valence-electron chi connectivity index (χ2n) is 7.25. The van der Waals surface area contributed by atoms with Gasteiger partial charge in [-0.25, -0.2) is 0 Å². The first-order chi connectivity index (χ1) is 13.3. The quantitative estimate of drug-likeness (QED) is 0.830. The van der Waals surface area contributed by atoms with E-state index in [4.69, 9.17) is 0 Å². The highest BCUT2D eigenvalue weighted by molar-refractivity contribution is 5.85. The Morgan fingerprint density at radius 1 is 1.00 bits per heavy atom. The molecule has 5 nitrogen and oxygen atoms in total. The molecule has 2 aromatic carbocycles. The standard InChI is InChI=1S/C23H25N3O.H2O/c24-10-9-21-19-6-2-1-5-18(19)17-23(22-8-4-3-7-20(21)22)26-13-11-25(12-14-26)15-16-27;/h1-9,23,27H,11-17H2;1H2/b21-9+;. The lowest BCUT2D eigenvalue weighted by Crippen LogP contribution is -2.48. The summed E-state index contributed by atoms with van der Waals surface area (Å²) in [5.74, 6) is 0. The molecule has 1 aliphatic carbocycles. The van der Waals surface area contributed by atoms with Crippen LogP contribution in [0.1, 0.15) is 28.3 Å². The Kier molecular flexibility index (Phi) is 6.61. The first kappa shape index (κ1) is 20.2. The van der Waals surface area contributed by atoms with Gasteiger partial charge in [-0.3, -0.25) is 9.80 Å². The first-order valence-electron chi connectivity index (χ1n) is 9.66. The summed E-state index contributed by atoms with van der Waals surface area (Å²) in [5.41, 5.74) is 5.99. The Morgan fingerprint density at radius 3 is 2.39 bits per heavy atom. The third kappa shape index (κ3) is 3.87. The van der Waals surface area contributed by atoms with Crippen molar-refractivity contribution in [2.45, 2.75) is 12.5 Å². The van der Waals surface area contributed by atoms with Crippen LogP contribution in [0.3, 0.4) is 0 Å². The lowest BCUT2D eigenvalue weighted by molar-refractivity contribution is 0.0832. The monoisotopic (exact) mass is 377 g/mol. The molecule has 1 saturated heterocycles. The molecule has 0 bridgehead atoms. The van der Waals surface area contributed by atoms with Crippen LogP contribution >= 0.6 is 0 Å². The maximum absolute atomic E-state index is 9.39. The third-order valence-electron chi connectivity index (χ3n) is 5.80. The Bertz CT molecular complexity index is 879. The number of nitrogens with zero attached hydrogens (tertiary/aromatic N) is 3. The van der Waals surface area contributed by atoms with Crippen molar-refractivity contribution < 1.29 is 10.6 Å². The van der Waals surface area contributed by atoms with E-state index >= 15 is 0 Å². The predicted molar refractivity (Wildman–Crippen MR) is 111 cm³/mol. The zero-order valence-corrected chi connectivity index (χ0v) is 16.0. The van der Waals surface area contributed by atoms with E-state index in [9.17, 15) is 10.4 Å². The van der Waals surface area contributed by atoms with Gasteiger partial charge >= 0.3 is 0 Å². The van der Waals surface area contributed by atoms with Crippen LogP contribution in [0.2, 0.25) is 0 Å². The van der Waals surface area contributed by atoms with Gasteiger partial charge in [-0.15, -0.1) is 0 Å². The van der Waals surface area contributed by atoms with Gasteiger partial charge < -0.3 is 10.6 Å². The van der Waals surface area contributed by atoms with Crippen LogP contribution < -0.4 is 0 Å². The molecule has 0 spiro atoms. The molecule has 146 valence electrons. The van der Waals surface area contributed by atoms with Gasteiger partial charge in [0.15, 0.2) is 0 Å². The van der Waals surface area contributed by atoms with Gasteiger partial charge in [-0.1, -0.05) is 48.5 Å². The number of β-amino-alcohol motifs (C(OH)–C–C–N with tert-alkyl or cyclic N) is 1. The number of piperazine rings is 1. The summed E-state index contributed by atoms with van der Waals surface area (Å²) in [6.45, 7) is 4.95. The van der Waals surface area contributed by atoms with Gasteiger partial charge in [0.1, 0.15) is 0 Å². The van der Waals surface area contributed by atoms with Crippen LogP contribution in [0.4, 0.5) is 0 Å². The second kappa shape index (κ2) is 9.13. The van der Waals surface area contributed by atoms with Crippen LogP contribution in [0.5, 0.6) is 0 Å². The fourth-order valence-electron chi connectivity index (χ4n) is 4.44. The minimum Gasteiger partial charge on any atom is -0.412 e. The summed E-state index contributed by atoms with van der Waals surface area (Å²) in [7, 11) is 0. The molecule has 0 radical (unpaired) electrons. The van der Waals surface area contributed by atoms with Crippen molar-refractivity contribution >= 4 is 5.57 Å². The summed E-state index contributed by atoms with van der Waals surface area (Å²) in [5, 5.41) is 18.6. The van der Waals surface area contributed by atoms with E-state index in [1.54, 1.807) is 6.08 Å². The van der Waals surface area contributed by atoms with Gasteiger partial charge in [0.05, 0.1) is 12.7 Å². The van der Waals surface area contributed by atoms with Crippen molar-refractivity contribution in [1.82, 2.24) is 9.80 Å². The van der Waals surface area contributed by atoms with Gasteiger partial charge in [-0.05, 0) is 34.2 Å². The second-order valence-corrected chi connectivity index (χ2v) is 7.25. The number of benzene rings is 2. The van der Waals surface area contributed by atoms with Crippen molar-refractivity contribution in [3.8, 4) is 6.07 Å². The molecular weight excluding hydrogens is 350 g/mol. The number of hydrogen-bond acceptors (Lipinski definition) is 4. The van der Waals surface area contributed by atoms with Crippen LogP contribution in [0.15, 0.2) is 54.6 Å². The van der Waals surface area contributed by atoms with Gasteiger partial charge in [0.2, 0.25) is 0 Å². The lowest BCUT2D eigenvalue weighted by Gasteiger charge is -2.39. The smallest absolute Gasteiger partial charge is 0.0918 e. The molecule has 4 rings (SSSR count). The van der Waals surface area contributed by atoms with Crippen LogP contribution in [-0.2, 0) is 6.42 Å². The number of rotatable bonds is 3. The van der Waals surface area contributed by atoms with Gasteiger partial charge in [0, 0.05) is 44.8 Å². The molecular formula is C23H27N3O2. The summed E-state index contributed by atoms with van der Waals surface area (Å²) in [4.78, 5) is 4.90. The van der Waals surface area contributed by atoms with E-state index in [1.807, 2.05) is 0 Å². The molecule has 1 fully saturated rings. The van der Waals surface area contributed by atoms with Gasteiger partial charge in [-0.2, -0.15) is 5.26 Å². The molecule has 0 saturated carbocycles. The van der Waals surface area contributed by atoms with E-state index in [2.05, 4.69) is 64.4 Å². The topological polar surface area (TPSA) is 82.0 Å². The number of nitriles is 1.